The molecule has 0 atom stereocenters. The van der Waals surface area contributed by atoms with E-state index in [4.69, 9.17) is 0 Å². The SMILES string of the molecule is CN(C(=O)C[NH+]1CCN(S(=O)(=O)c2ccc3c(c2)CCC3)CC1)C(C)(C)C#N. The van der Waals surface area contributed by atoms with E-state index in [2.05, 4.69) is 6.07 Å². The summed E-state index contributed by atoms with van der Waals surface area (Å²) < 4.78 is 27.5. The Kier molecular flexibility index (Phi) is 5.80. The van der Waals surface area contributed by atoms with Crippen LogP contribution in [0.4, 0.5) is 0 Å². The van der Waals surface area contributed by atoms with Crippen molar-refractivity contribution in [3.8, 4) is 6.07 Å². The Morgan fingerprint density at radius 2 is 1.89 bits per heavy atom. The summed E-state index contributed by atoms with van der Waals surface area (Å²) in [6.07, 6.45) is 3.07. The molecule has 1 saturated heterocycles. The molecule has 0 saturated carbocycles. The first-order valence-corrected chi connectivity index (χ1v) is 11.2. The highest BCUT2D eigenvalue weighted by atomic mass is 32.2. The van der Waals surface area contributed by atoms with Crippen LogP contribution in [0.5, 0.6) is 0 Å². The molecule has 1 fully saturated rings. The third kappa shape index (κ3) is 4.07. The number of hydrogen-bond donors (Lipinski definition) is 1. The number of piperazine rings is 1. The second-order valence-corrected chi connectivity index (χ2v) is 10.2. The van der Waals surface area contributed by atoms with Crippen molar-refractivity contribution in [1.82, 2.24) is 9.21 Å². The number of benzene rings is 1. The van der Waals surface area contributed by atoms with E-state index in [-0.39, 0.29) is 12.5 Å². The highest BCUT2D eigenvalue weighted by Gasteiger charge is 2.34. The Hall–Kier alpha value is -1.95. The van der Waals surface area contributed by atoms with Crippen LogP contribution in [0.1, 0.15) is 31.4 Å². The van der Waals surface area contributed by atoms with Crippen molar-refractivity contribution in [1.29, 1.82) is 5.26 Å². The fraction of sp³-hybridized carbons (Fsp3) is 0.600. The Morgan fingerprint density at radius 1 is 1.25 bits per heavy atom. The molecular formula is C20H29N4O3S+. The van der Waals surface area contributed by atoms with Crippen molar-refractivity contribution >= 4 is 15.9 Å². The fourth-order valence-electron chi connectivity index (χ4n) is 3.80. The monoisotopic (exact) mass is 405 g/mol. The molecule has 7 nitrogen and oxygen atoms in total. The van der Waals surface area contributed by atoms with E-state index >= 15 is 0 Å². The molecule has 1 amide bonds. The van der Waals surface area contributed by atoms with E-state index in [0.29, 0.717) is 31.1 Å². The summed E-state index contributed by atoms with van der Waals surface area (Å²) in [6, 6.07) is 7.63. The maximum Gasteiger partial charge on any atom is 0.278 e. The van der Waals surface area contributed by atoms with Gasteiger partial charge in [-0.3, -0.25) is 4.79 Å². The zero-order valence-corrected chi connectivity index (χ0v) is 17.7. The summed E-state index contributed by atoms with van der Waals surface area (Å²) in [5.74, 6) is -0.100. The number of sulfonamides is 1. The lowest BCUT2D eigenvalue weighted by Crippen LogP contribution is -3.15. The first-order valence-electron chi connectivity index (χ1n) is 9.78. The minimum Gasteiger partial charge on any atom is -0.325 e. The summed E-state index contributed by atoms with van der Waals surface area (Å²) in [6.45, 7) is 5.64. The van der Waals surface area contributed by atoms with Gasteiger partial charge in [0, 0.05) is 7.05 Å². The van der Waals surface area contributed by atoms with Gasteiger partial charge in [-0.1, -0.05) is 6.07 Å². The smallest absolute Gasteiger partial charge is 0.278 e. The summed E-state index contributed by atoms with van der Waals surface area (Å²) in [5.41, 5.74) is 1.56. The fourth-order valence-corrected chi connectivity index (χ4v) is 5.29. The minimum atomic E-state index is -3.50. The molecule has 3 rings (SSSR count). The average molecular weight is 406 g/mol. The van der Waals surface area contributed by atoms with E-state index in [1.165, 1.54) is 14.8 Å². The van der Waals surface area contributed by atoms with Crippen LogP contribution in [0.15, 0.2) is 23.1 Å². The van der Waals surface area contributed by atoms with Crippen LogP contribution in [-0.2, 0) is 27.7 Å². The average Bonchev–Trinajstić information content (AvgIpc) is 3.15. The van der Waals surface area contributed by atoms with Gasteiger partial charge in [-0.2, -0.15) is 9.57 Å². The Morgan fingerprint density at radius 3 is 2.54 bits per heavy atom. The number of rotatable bonds is 5. The van der Waals surface area contributed by atoms with Crippen molar-refractivity contribution in [2.75, 3.05) is 39.8 Å². The minimum absolute atomic E-state index is 0.100. The van der Waals surface area contributed by atoms with Gasteiger partial charge in [0.1, 0.15) is 5.54 Å². The van der Waals surface area contributed by atoms with Crippen LogP contribution in [-0.4, -0.2) is 68.8 Å². The van der Waals surface area contributed by atoms with Crippen LogP contribution in [0, 0.1) is 11.3 Å². The van der Waals surface area contributed by atoms with Crippen molar-refractivity contribution in [3.05, 3.63) is 29.3 Å². The lowest BCUT2D eigenvalue weighted by molar-refractivity contribution is -0.896. The second-order valence-electron chi connectivity index (χ2n) is 8.24. The third-order valence-corrected chi connectivity index (χ3v) is 7.92. The Bertz CT molecular complexity index is 897. The summed E-state index contributed by atoms with van der Waals surface area (Å²) in [7, 11) is -1.86. The van der Waals surface area contributed by atoms with Crippen molar-refractivity contribution in [2.45, 2.75) is 43.5 Å². The summed E-state index contributed by atoms with van der Waals surface area (Å²) in [5, 5.41) is 9.19. The normalized spacial score (nSPS) is 18.5. The number of carbonyl (C=O) groups is 1. The molecule has 1 aromatic rings. The van der Waals surface area contributed by atoms with E-state index in [0.717, 1.165) is 29.7 Å². The number of amides is 1. The number of quaternary nitrogens is 1. The highest BCUT2D eigenvalue weighted by molar-refractivity contribution is 7.89. The third-order valence-electron chi connectivity index (χ3n) is 6.02. The zero-order valence-electron chi connectivity index (χ0n) is 16.9. The second kappa shape index (κ2) is 7.82. The highest BCUT2D eigenvalue weighted by Crippen LogP contribution is 2.26. The van der Waals surface area contributed by atoms with E-state index in [1.54, 1.807) is 27.0 Å². The van der Waals surface area contributed by atoms with Gasteiger partial charge in [0.05, 0.1) is 37.1 Å². The maximum absolute atomic E-state index is 13.0. The van der Waals surface area contributed by atoms with Gasteiger partial charge >= 0.3 is 0 Å². The van der Waals surface area contributed by atoms with Crippen LogP contribution < -0.4 is 4.90 Å². The van der Waals surface area contributed by atoms with Crippen molar-refractivity contribution in [2.24, 2.45) is 0 Å². The van der Waals surface area contributed by atoms with Crippen LogP contribution in [0.25, 0.3) is 0 Å². The molecule has 0 unspecified atom stereocenters. The molecule has 8 heteroatoms. The maximum atomic E-state index is 13.0. The van der Waals surface area contributed by atoms with Gasteiger partial charge in [-0.15, -0.1) is 0 Å². The van der Waals surface area contributed by atoms with Gasteiger partial charge < -0.3 is 9.80 Å². The predicted octanol–water partition coefficient (Wildman–Crippen LogP) is -0.175. The summed E-state index contributed by atoms with van der Waals surface area (Å²) in [4.78, 5) is 15.3. The molecule has 0 spiro atoms. The van der Waals surface area contributed by atoms with E-state index in [1.807, 2.05) is 12.1 Å². The van der Waals surface area contributed by atoms with E-state index in [9.17, 15) is 18.5 Å². The van der Waals surface area contributed by atoms with Crippen LogP contribution in [0.2, 0.25) is 0 Å². The van der Waals surface area contributed by atoms with E-state index < -0.39 is 15.6 Å². The molecule has 1 aliphatic carbocycles. The first kappa shape index (κ1) is 20.8. The molecule has 1 aromatic carbocycles. The molecule has 1 heterocycles. The lowest BCUT2D eigenvalue weighted by atomic mass is 10.1. The zero-order chi connectivity index (χ0) is 20.5. The number of nitrogens with one attached hydrogen (secondary N) is 1. The number of fused-ring (bicyclic) bond motifs is 1. The van der Waals surface area contributed by atoms with Gasteiger partial charge in [0.2, 0.25) is 10.0 Å². The molecule has 1 aliphatic heterocycles. The Labute approximate surface area is 167 Å². The molecule has 1 N–H and O–H groups in total. The lowest BCUT2D eigenvalue weighted by Gasteiger charge is -2.34. The number of likely N-dealkylation sites (N-methyl/N-ethyl adjacent to an activating group) is 1. The molecule has 0 aromatic heterocycles. The number of nitriles is 1. The van der Waals surface area contributed by atoms with Crippen molar-refractivity contribution in [3.63, 3.8) is 0 Å². The summed E-state index contributed by atoms with van der Waals surface area (Å²) >= 11 is 0. The topological polar surface area (TPSA) is 85.9 Å². The van der Waals surface area contributed by atoms with Crippen LogP contribution in [0.3, 0.4) is 0 Å². The van der Waals surface area contributed by atoms with Gasteiger partial charge in [-0.05, 0) is 56.4 Å². The molecule has 0 radical (unpaired) electrons. The van der Waals surface area contributed by atoms with Gasteiger partial charge in [0.25, 0.3) is 5.91 Å². The Balaban J connectivity index is 1.60. The number of nitrogens with zero attached hydrogens (tertiary/aromatic N) is 3. The quantitative estimate of drug-likeness (QED) is 0.737. The first-order chi connectivity index (χ1) is 13.1. The number of aryl methyl sites for hydroxylation is 2. The molecule has 28 heavy (non-hydrogen) atoms. The standard InChI is InChI=1S/C20H28N4O3S/c1-20(2,15-21)22(3)19(25)14-23-9-11-24(12-10-23)28(26,27)18-8-7-16-5-4-6-17(16)13-18/h7-8,13H,4-6,9-12,14H2,1-3H3/p+1. The molecule has 152 valence electrons. The number of carbonyl (C=O) groups excluding carboxylic acids is 1. The predicted molar refractivity (Wildman–Crippen MR) is 105 cm³/mol. The molecule has 0 bridgehead atoms. The largest absolute Gasteiger partial charge is 0.325 e. The van der Waals surface area contributed by atoms with Gasteiger partial charge in [-0.25, -0.2) is 8.42 Å². The number of hydrogen-bond acceptors (Lipinski definition) is 4. The molecular weight excluding hydrogens is 376 g/mol. The van der Waals surface area contributed by atoms with Crippen LogP contribution >= 0.6 is 0 Å². The van der Waals surface area contributed by atoms with Gasteiger partial charge in [0.15, 0.2) is 6.54 Å². The van der Waals surface area contributed by atoms with Crippen molar-refractivity contribution < 1.29 is 18.1 Å². The molecule has 2 aliphatic rings.